The summed E-state index contributed by atoms with van der Waals surface area (Å²) in [6.45, 7) is 4.16. The number of amidine groups is 1. The number of halogens is 1. The Balaban J connectivity index is 1.70. The molecule has 0 saturated carbocycles. The van der Waals surface area contributed by atoms with Crippen LogP contribution in [0.3, 0.4) is 0 Å². The summed E-state index contributed by atoms with van der Waals surface area (Å²) in [5.74, 6) is 7.75. The minimum atomic E-state index is -0.200. The topological polar surface area (TPSA) is 108 Å². The molecule has 0 amide bonds. The maximum Gasteiger partial charge on any atom is 0.306 e. The molecule has 202 valence electrons. The highest BCUT2D eigenvalue weighted by molar-refractivity contribution is 8.01. The number of aryl methyl sites for hydroxylation is 2. The van der Waals surface area contributed by atoms with Crippen LogP contribution in [0.2, 0.25) is 5.02 Å². The first-order chi connectivity index (χ1) is 18.4. The normalized spacial score (nSPS) is 16.7. The third-order valence-corrected chi connectivity index (χ3v) is 9.11. The number of carbonyl (C=O) groups is 1. The Labute approximate surface area is 235 Å². The molecule has 0 radical (unpaired) electrons. The predicted molar refractivity (Wildman–Crippen MR) is 154 cm³/mol. The Hall–Kier alpha value is -2.79. The van der Waals surface area contributed by atoms with E-state index in [1.54, 1.807) is 37.3 Å². The number of thiazole rings is 1. The first kappa shape index (κ1) is 28.2. The molecule has 4 rings (SSSR count). The van der Waals surface area contributed by atoms with Crippen molar-refractivity contribution in [3.63, 3.8) is 0 Å². The summed E-state index contributed by atoms with van der Waals surface area (Å²) >= 11 is 9.75. The Morgan fingerprint density at radius 1 is 1.18 bits per heavy atom. The predicted octanol–water partition coefficient (Wildman–Crippen LogP) is 5.56. The first-order valence-electron chi connectivity index (χ1n) is 12.2. The average molecular weight is 575 g/mol. The number of hydrazine groups is 1. The number of methoxy groups -OCH3 is 2. The molecule has 2 heterocycles. The number of para-hydroxylation sites is 1. The molecule has 0 spiro atoms. The highest BCUT2D eigenvalue weighted by atomic mass is 35.5. The number of nitrogens with zero attached hydrogens (tertiary/aromatic N) is 2. The van der Waals surface area contributed by atoms with Gasteiger partial charge >= 0.3 is 5.97 Å². The van der Waals surface area contributed by atoms with E-state index >= 15 is 0 Å². The van der Waals surface area contributed by atoms with Crippen LogP contribution >= 0.6 is 34.7 Å². The molecule has 0 bridgehead atoms. The highest BCUT2D eigenvalue weighted by Crippen LogP contribution is 2.50. The molecule has 11 heteroatoms. The van der Waals surface area contributed by atoms with Crippen molar-refractivity contribution in [2.45, 2.75) is 43.6 Å². The van der Waals surface area contributed by atoms with Crippen molar-refractivity contribution in [1.29, 1.82) is 0 Å². The number of benzene rings is 2. The van der Waals surface area contributed by atoms with Gasteiger partial charge in [0, 0.05) is 21.9 Å². The number of carbonyl (C=O) groups excluding carboxylic acids is 1. The maximum absolute atomic E-state index is 11.9. The summed E-state index contributed by atoms with van der Waals surface area (Å²) in [4.78, 5) is 22.7. The molecule has 1 aromatic heterocycles. The summed E-state index contributed by atoms with van der Waals surface area (Å²) in [7, 11) is 3.26. The minimum absolute atomic E-state index is 0.143. The summed E-state index contributed by atoms with van der Waals surface area (Å²) < 4.78 is 16.5. The van der Waals surface area contributed by atoms with E-state index in [0.717, 1.165) is 32.4 Å². The van der Waals surface area contributed by atoms with Gasteiger partial charge < -0.3 is 19.6 Å². The molecule has 2 atom stereocenters. The smallest absolute Gasteiger partial charge is 0.306 e. The highest BCUT2D eigenvalue weighted by Gasteiger charge is 2.33. The van der Waals surface area contributed by atoms with E-state index in [0.29, 0.717) is 48.2 Å². The number of fused-ring (bicyclic) bond motifs is 1. The van der Waals surface area contributed by atoms with E-state index in [2.05, 4.69) is 5.43 Å². The lowest BCUT2D eigenvalue weighted by Gasteiger charge is -2.24. The number of hydrogen-bond acceptors (Lipinski definition) is 10. The van der Waals surface area contributed by atoms with Crippen LogP contribution in [-0.4, -0.2) is 42.9 Å². The molecule has 1 aliphatic rings. The van der Waals surface area contributed by atoms with Gasteiger partial charge in [0.1, 0.15) is 5.84 Å². The summed E-state index contributed by atoms with van der Waals surface area (Å²) in [6.07, 6.45) is 1.53. The Bertz CT molecular complexity index is 1330. The van der Waals surface area contributed by atoms with Crippen LogP contribution in [-0.2, 0) is 22.4 Å². The second-order valence-electron chi connectivity index (χ2n) is 8.56. The fraction of sp³-hybridized carbons (Fsp3) is 0.370. The number of thioether (sulfide) groups is 1. The van der Waals surface area contributed by atoms with Crippen molar-refractivity contribution >= 4 is 52.2 Å². The van der Waals surface area contributed by atoms with Crippen LogP contribution in [0.5, 0.6) is 11.5 Å². The van der Waals surface area contributed by atoms with Gasteiger partial charge in [-0.1, -0.05) is 23.7 Å². The Morgan fingerprint density at radius 2 is 2.00 bits per heavy atom. The molecule has 0 unspecified atom stereocenters. The van der Waals surface area contributed by atoms with E-state index in [1.165, 1.54) is 0 Å². The number of aliphatic imine (C=N–C) groups is 1. The van der Waals surface area contributed by atoms with Crippen molar-refractivity contribution in [2.24, 2.45) is 10.8 Å². The lowest BCUT2D eigenvalue weighted by molar-refractivity contribution is -0.143. The van der Waals surface area contributed by atoms with Crippen LogP contribution in [0.25, 0.3) is 0 Å². The second kappa shape index (κ2) is 12.8. The lowest BCUT2D eigenvalue weighted by atomic mass is 10.0. The molecule has 38 heavy (non-hydrogen) atoms. The van der Waals surface area contributed by atoms with Crippen molar-refractivity contribution < 1.29 is 19.0 Å². The molecule has 1 aliphatic heterocycles. The molecule has 3 N–H and O–H groups in total. The van der Waals surface area contributed by atoms with Gasteiger partial charge in [0.25, 0.3) is 0 Å². The molecule has 0 aliphatic carbocycles. The van der Waals surface area contributed by atoms with Gasteiger partial charge in [-0.15, -0.1) is 23.1 Å². The van der Waals surface area contributed by atoms with Crippen LogP contribution in [0.4, 0.5) is 5.69 Å². The van der Waals surface area contributed by atoms with Gasteiger partial charge in [-0.25, -0.2) is 15.8 Å². The van der Waals surface area contributed by atoms with Gasteiger partial charge in [-0.2, -0.15) is 0 Å². The van der Waals surface area contributed by atoms with E-state index in [-0.39, 0.29) is 16.5 Å². The van der Waals surface area contributed by atoms with Crippen molar-refractivity contribution in [3.8, 4) is 11.5 Å². The molecule has 0 fully saturated rings. The largest absolute Gasteiger partial charge is 0.493 e. The lowest BCUT2D eigenvalue weighted by Crippen LogP contribution is -2.38. The molecule has 0 saturated heterocycles. The van der Waals surface area contributed by atoms with Gasteiger partial charge in [-0.3, -0.25) is 4.79 Å². The summed E-state index contributed by atoms with van der Waals surface area (Å²) in [5.41, 5.74) is 6.43. The zero-order valence-electron chi connectivity index (χ0n) is 21.7. The zero-order chi connectivity index (χ0) is 27.2. The second-order valence-corrected chi connectivity index (χ2v) is 11.5. The summed E-state index contributed by atoms with van der Waals surface area (Å²) in [5, 5.41) is 1.25. The zero-order valence-corrected chi connectivity index (χ0v) is 24.1. The third kappa shape index (κ3) is 6.26. The number of esters is 1. The van der Waals surface area contributed by atoms with Crippen LogP contribution in [0.1, 0.15) is 45.3 Å². The van der Waals surface area contributed by atoms with Gasteiger partial charge in [-0.05, 0) is 50.1 Å². The minimum Gasteiger partial charge on any atom is -0.493 e. The standard InChI is InChI=1S/C27H31ClN4O4S2/c1-5-36-24(33)12-11-21-15(2)30-23(37-21)14-22-27(32-29)31-19-10-9-16(28)13-18(19)26(38-22)17-7-6-8-20(34-3)25(17)35-4/h6-10,13,22,26H,5,11-12,14,29H2,1-4H3,(H,31,32)/t22-,26-/m0/s1. The number of aromatic nitrogens is 1. The number of nitrogens with one attached hydrogen (secondary N) is 1. The van der Waals surface area contributed by atoms with Gasteiger partial charge in [0.15, 0.2) is 11.5 Å². The SMILES string of the molecule is CCOC(=O)CCc1sc(C[C@@H]2S[C@@H](c3cccc(OC)c3OC)c3cc(Cl)ccc3N=C2NN)nc1C. The number of hydrogen-bond donors (Lipinski definition) is 2. The van der Waals surface area contributed by atoms with Crippen LogP contribution in [0, 0.1) is 6.92 Å². The summed E-state index contributed by atoms with van der Waals surface area (Å²) in [6, 6.07) is 11.5. The molecular weight excluding hydrogens is 544 g/mol. The van der Waals surface area contributed by atoms with E-state index < -0.39 is 0 Å². The van der Waals surface area contributed by atoms with Crippen molar-refractivity contribution in [1.82, 2.24) is 10.4 Å². The van der Waals surface area contributed by atoms with E-state index in [9.17, 15) is 4.79 Å². The number of ether oxygens (including phenoxy) is 3. The monoisotopic (exact) mass is 574 g/mol. The van der Waals surface area contributed by atoms with E-state index in [4.69, 9.17) is 41.6 Å². The molecule has 2 aromatic carbocycles. The fourth-order valence-corrected chi connectivity index (χ4v) is 7.29. The van der Waals surface area contributed by atoms with Crippen LogP contribution in [0.15, 0.2) is 41.4 Å². The first-order valence-corrected chi connectivity index (χ1v) is 14.3. The molecule has 8 nitrogen and oxygen atoms in total. The number of rotatable bonds is 9. The van der Waals surface area contributed by atoms with Crippen LogP contribution < -0.4 is 20.7 Å². The van der Waals surface area contributed by atoms with E-state index in [1.807, 2.05) is 50.2 Å². The number of nitrogens with two attached hydrogens (primary N) is 1. The van der Waals surface area contributed by atoms with Gasteiger partial charge in [0.2, 0.25) is 0 Å². The van der Waals surface area contributed by atoms with Crippen molar-refractivity contribution in [3.05, 3.63) is 68.1 Å². The van der Waals surface area contributed by atoms with Crippen molar-refractivity contribution in [2.75, 3.05) is 20.8 Å². The fourth-order valence-electron chi connectivity index (χ4n) is 4.39. The third-order valence-electron chi connectivity index (χ3n) is 6.14. The quantitative estimate of drug-likeness (QED) is 0.194. The van der Waals surface area contributed by atoms with Gasteiger partial charge in [0.05, 0.1) is 54.1 Å². The Kier molecular flexibility index (Phi) is 9.54. The Morgan fingerprint density at radius 3 is 2.71 bits per heavy atom. The average Bonchev–Trinajstić information content (AvgIpc) is 3.19. The molecule has 3 aromatic rings. The molecular formula is C27H31ClN4O4S2. The maximum atomic E-state index is 11.9.